The van der Waals surface area contributed by atoms with Gasteiger partial charge in [-0.2, -0.15) is 5.26 Å². The highest BCUT2D eigenvalue weighted by molar-refractivity contribution is 5.77. The number of nitrogens with zero attached hydrogens (tertiary/aromatic N) is 1. The largest absolute Gasteiger partial charge is 0.457 e. The maximum absolute atomic E-state index is 10.7. The van der Waals surface area contributed by atoms with Gasteiger partial charge in [-0.3, -0.25) is 4.79 Å². The van der Waals surface area contributed by atoms with Gasteiger partial charge >= 0.3 is 0 Å². The van der Waals surface area contributed by atoms with Crippen molar-refractivity contribution >= 4 is 6.29 Å². The van der Waals surface area contributed by atoms with E-state index in [-0.39, 0.29) is 0 Å². The van der Waals surface area contributed by atoms with E-state index >= 15 is 0 Å². The van der Waals surface area contributed by atoms with Gasteiger partial charge in [-0.1, -0.05) is 12.1 Å². The van der Waals surface area contributed by atoms with Crippen LogP contribution in [0.1, 0.15) is 21.5 Å². The smallest absolute Gasteiger partial charge is 0.150 e. The molecule has 0 aliphatic rings. The summed E-state index contributed by atoms with van der Waals surface area (Å²) in [6, 6.07) is 14.8. The minimum atomic E-state index is 0.396. The molecule has 0 saturated heterocycles. The Hall–Kier alpha value is -2.60. The Morgan fingerprint density at radius 2 is 1.84 bits per heavy atom. The molecule has 0 N–H and O–H groups in total. The third kappa shape index (κ3) is 3.20. The summed E-state index contributed by atoms with van der Waals surface area (Å²) in [5.74, 6) is 1.40. The van der Waals surface area contributed by atoms with Crippen molar-refractivity contribution in [1.82, 2.24) is 0 Å². The average molecular weight is 251 g/mol. The van der Waals surface area contributed by atoms with Gasteiger partial charge in [0.15, 0.2) is 0 Å². The lowest BCUT2D eigenvalue weighted by atomic mass is 10.1. The Kier molecular flexibility index (Phi) is 3.94. The van der Waals surface area contributed by atoms with Crippen LogP contribution >= 0.6 is 0 Å². The number of benzene rings is 2. The zero-order chi connectivity index (χ0) is 13.7. The van der Waals surface area contributed by atoms with Crippen molar-refractivity contribution in [2.75, 3.05) is 0 Å². The molecule has 2 aromatic carbocycles. The van der Waals surface area contributed by atoms with Crippen LogP contribution in [0, 0.1) is 18.3 Å². The fourth-order valence-electron chi connectivity index (χ4n) is 1.75. The number of aryl methyl sites for hydroxylation is 1. The average Bonchev–Trinajstić information content (AvgIpc) is 2.42. The minimum Gasteiger partial charge on any atom is -0.457 e. The molecule has 2 rings (SSSR count). The molecule has 94 valence electrons. The first-order valence-corrected chi connectivity index (χ1v) is 5.92. The highest BCUT2D eigenvalue weighted by atomic mass is 16.5. The van der Waals surface area contributed by atoms with Crippen molar-refractivity contribution in [3.05, 3.63) is 59.2 Å². The highest BCUT2D eigenvalue weighted by Crippen LogP contribution is 2.23. The molecule has 0 fully saturated rings. The minimum absolute atomic E-state index is 0.396. The third-order valence-corrected chi connectivity index (χ3v) is 2.81. The molecule has 0 bridgehead atoms. The van der Waals surface area contributed by atoms with Crippen molar-refractivity contribution in [3.63, 3.8) is 0 Å². The number of hydrogen-bond acceptors (Lipinski definition) is 3. The van der Waals surface area contributed by atoms with Gasteiger partial charge in [0.25, 0.3) is 0 Å². The van der Waals surface area contributed by atoms with E-state index in [9.17, 15) is 4.79 Å². The second-order valence-electron chi connectivity index (χ2n) is 4.22. The van der Waals surface area contributed by atoms with E-state index in [1.165, 1.54) is 0 Å². The maximum atomic E-state index is 10.7. The zero-order valence-corrected chi connectivity index (χ0v) is 10.6. The standard InChI is InChI=1S/C16H13NO2/c1-12-10-16(7-4-14(12)11-18)19-15-5-2-13(3-6-15)8-9-17/h2-7,10-11H,8H2,1H3. The van der Waals surface area contributed by atoms with Crippen LogP contribution in [0.4, 0.5) is 0 Å². The maximum Gasteiger partial charge on any atom is 0.150 e. The molecule has 0 atom stereocenters. The molecule has 0 radical (unpaired) electrons. The zero-order valence-electron chi connectivity index (χ0n) is 10.6. The normalized spacial score (nSPS) is 9.68. The summed E-state index contributed by atoms with van der Waals surface area (Å²) in [5.41, 5.74) is 2.51. The summed E-state index contributed by atoms with van der Waals surface area (Å²) < 4.78 is 5.69. The number of carbonyl (C=O) groups is 1. The molecule has 0 aliphatic heterocycles. The number of ether oxygens (including phenoxy) is 1. The van der Waals surface area contributed by atoms with Gasteiger partial charge in [0.1, 0.15) is 17.8 Å². The van der Waals surface area contributed by atoms with E-state index in [1.54, 1.807) is 12.1 Å². The molecule has 0 amide bonds. The van der Waals surface area contributed by atoms with Crippen molar-refractivity contribution < 1.29 is 9.53 Å². The Bertz CT molecular complexity index is 624. The van der Waals surface area contributed by atoms with Crippen molar-refractivity contribution in [2.24, 2.45) is 0 Å². The third-order valence-electron chi connectivity index (χ3n) is 2.81. The lowest BCUT2D eigenvalue weighted by Crippen LogP contribution is -1.89. The fourth-order valence-corrected chi connectivity index (χ4v) is 1.75. The summed E-state index contributed by atoms with van der Waals surface area (Å²) >= 11 is 0. The molecule has 19 heavy (non-hydrogen) atoms. The van der Waals surface area contributed by atoms with E-state index in [2.05, 4.69) is 6.07 Å². The molecule has 2 aromatic rings. The van der Waals surface area contributed by atoms with Gasteiger partial charge in [-0.15, -0.1) is 0 Å². The number of carbonyl (C=O) groups excluding carboxylic acids is 1. The molecular weight excluding hydrogens is 238 g/mol. The second-order valence-corrected chi connectivity index (χ2v) is 4.22. The second kappa shape index (κ2) is 5.83. The Balaban J connectivity index is 2.15. The predicted octanol–water partition coefficient (Wildman–Crippen LogP) is 3.67. The molecule has 0 spiro atoms. The van der Waals surface area contributed by atoms with Gasteiger partial charge in [0, 0.05) is 5.56 Å². The first-order chi connectivity index (χ1) is 9.22. The van der Waals surface area contributed by atoms with Crippen LogP contribution in [0.25, 0.3) is 0 Å². The summed E-state index contributed by atoms with van der Waals surface area (Å²) in [6.45, 7) is 1.87. The van der Waals surface area contributed by atoms with Crippen LogP contribution in [0.2, 0.25) is 0 Å². The van der Waals surface area contributed by atoms with Crippen LogP contribution in [0.5, 0.6) is 11.5 Å². The van der Waals surface area contributed by atoms with E-state index in [0.717, 1.165) is 17.4 Å². The predicted molar refractivity (Wildman–Crippen MR) is 72.4 cm³/mol. The van der Waals surface area contributed by atoms with Gasteiger partial charge < -0.3 is 4.74 Å². The molecule has 0 unspecified atom stereocenters. The topological polar surface area (TPSA) is 50.1 Å². The van der Waals surface area contributed by atoms with Gasteiger partial charge in [-0.25, -0.2) is 0 Å². The van der Waals surface area contributed by atoms with E-state index in [0.29, 0.717) is 23.5 Å². The Labute approximate surface area is 112 Å². The van der Waals surface area contributed by atoms with E-state index < -0.39 is 0 Å². The summed E-state index contributed by atoms with van der Waals surface area (Å²) in [6.07, 6.45) is 1.23. The molecule has 0 aliphatic carbocycles. The molecular formula is C16H13NO2. The van der Waals surface area contributed by atoms with Crippen LogP contribution in [0.15, 0.2) is 42.5 Å². The highest BCUT2D eigenvalue weighted by Gasteiger charge is 2.01. The Morgan fingerprint density at radius 3 is 2.42 bits per heavy atom. The fraction of sp³-hybridized carbons (Fsp3) is 0.125. The lowest BCUT2D eigenvalue weighted by Gasteiger charge is -2.07. The summed E-state index contributed by atoms with van der Waals surface area (Å²) in [7, 11) is 0. The first kappa shape index (κ1) is 12.8. The molecule has 0 heterocycles. The monoisotopic (exact) mass is 251 g/mol. The Morgan fingerprint density at radius 1 is 1.16 bits per heavy atom. The van der Waals surface area contributed by atoms with Gasteiger partial charge in [0.05, 0.1) is 12.5 Å². The molecule has 3 heteroatoms. The van der Waals surface area contributed by atoms with Gasteiger partial charge in [0.2, 0.25) is 0 Å². The van der Waals surface area contributed by atoms with Crippen LogP contribution in [-0.2, 0) is 6.42 Å². The summed E-state index contributed by atoms with van der Waals surface area (Å²) in [5, 5.41) is 8.59. The first-order valence-electron chi connectivity index (χ1n) is 5.92. The van der Waals surface area contributed by atoms with Crippen molar-refractivity contribution in [1.29, 1.82) is 5.26 Å². The van der Waals surface area contributed by atoms with E-state index in [4.69, 9.17) is 10.00 Å². The summed E-state index contributed by atoms with van der Waals surface area (Å²) in [4.78, 5) is 10.7. The molecule has 0 saturated carbocycles. The van der Waals surface area contributed by atoms with Crippen LogP contribution in [0.3, 0.4) is 0 Å². The SMILES string of the molecule is Cc1cc(Oc2ccc(CC#N)cc2)ccc1C=O. The van der Waals surface area contributed by atoms with Gasteiger partial charge in [-0.05, 0) is 48.4 Å². The van der Waals surface area contributed by atoms with Crippen molar-refractivity contribution in [3.8, 4) is 17.6 Å². The number of nitriles is 1. The quantitative estimate of drug-likeness (QED) is 0.779. The number of aldehydes is 1. The number of hydrogen-bond donors (Lipinski definition) is 0. The molecule has 0 aromatic heterocycles. The molecule has 3 nitrogen and oxygen atoms in total. The van der Waals surface area contributed by atoms with Crippen LogP contribution in [-0.4, -0.2) is 6.29 Å². The van der Waals surface area contributed by atoms with Crippen LogP contribution < -0.4 is 4.74 Å². The van der Waals surface area contributed by atoms with Crippen molar-refractivity contribution in [2.45, 2.75) is 13.3 Å². The number of rotatable bonds is 4. The van der Waals surface area contributed by atoms with E-state index in [1.807, 2.05) is 37.3 Å². The lowest BCUT2D eigenvalue weighted by molar-refractivity contribution is 0.112.